The first-order chi connectivity index (χ1) is 6.58. The van der Waals surface area contributed by atoms with Gasteiger partial charge in [0.15, 0.2) is 0 Å². The normalized spacial score (nSPS) is 37.4. The van der Waals surface area contributed by atoms with Gasteiger partial charge in [-0.3, -0.25) is 0 Å². The van der Waals surface area contributed by atoms with Gasteiger partial charge in [0, 0.05) is 5.41 Å². The second kappa shape index (κ2) is 3.37. The SMILES string of the molecule is C=C1CCCCC1(C)C1(O)CCCC1. The van der Waals surface area contributed by atoms with E-state index in [9.17, 15) is 5.11 Å². The van der Waals surface area contributed by atoms with Crippen LogP contribution >= 0.6 is 0 Å². The number of hydrogen-bond acceptors (Lipinski definition) is 1. The predicted octanol–water partition coefficient (Wildman–Crippen LogP) is 3.43. The van der Waals surface area contributed by atoms with E-state index in [1.165, 1.54) is 31.3 Å². The number of aliphatic hydroxyl groups is 1. The van der Waals surface area contributed by atoms with Crippen molar-refractivity contribution in [1.82, 2.24) is 0 Å². The van der Waals surface area contributed by atoms with E-state index in [1.54, 1.807) is 0 Å². The van der Waals surface area contributed by atoms with Crippen LogP contribution in [0.25, 0.3) is 0 Å². The third kappa shape index (κ3) is 1.33. The lowest BCUT2D eigenvalue weighted by atomic mass is 9.61. The Morgan fingerprint density at radius 3 is 2.21 bits per heavy atom. The molecule has 1 N–H and O–H groups in total. The molecule has 2 fully saturated rings. The molecule has 0 aliphatic heterocycles. The van der Waals surface area contributed by atoms with Gasteiger partial charge in [-0.05, 0) is 32.1 Å². The van der Waals surface area contributed by atoms with Crippen LogP contribution in [0, 0.1) is 5.41 Å². The largest absolute Gasteiger partial charge is 0.389 e. The molecule has 0 bridgehead atoms. The van der Waals surface area contributed by atoms with E-state index in [-0.39, 0.29) is 5.41 Å². The van der Waals surface area contributed by atoms with Gasteiger partial charge in [-0.2, -0.15) is 0 Å². The lowest BCUT2D eigenvalue weighted by molar-refractivity contribution is -0.0620. The average Bonchev–Trinajstić information content (AvgIpc) is 2.59. The van der Waals surface area contributed by atoms with Crippen LogP contribution in [0.2, 0.25) is 0 Å². The summed E-state index contributed by atoms with van der Waals surface area (Å²) in [6, 6.07) is 0. The zero-order valence-corrected chi connectivity index (χ0v) is 9.31. The van der Waals surface area contributed by atoms with E-state index in [0.29, 0.717) is 0 Å². The van der Waals surface area contributed by atoms with E-state index in [0.717, 1.165) is 25.7 Å². The van der Waals surface area contributed by atoms with Crippen molar-refractivity contribution in [3.63, 3.8) is 0 Å². The molecular weight excluding hydrogens is 172 g/mol. The Labute approximate surface area is 87.2 Å². The maximum Gasteiger partial charge on any atom is 0.0737 e. The van der Waals surface area contributed by atoms with Gasteiger partial charge in [0.2, 0.25) is 0 Å². The minimum Gasteiger partial charge on any atom is -0.389 e. The molecule has 2 rings (SSSR count). The second-order valence-electron chi connectivity index (χ2n) is 5.38. The molecule has 2 aliphatic carbocycles. The molecule has 1 nitrogen and oxygen atoms in total. The average molecular weight is 194 g/mol. The highest BCUT2D eigenvalue weighted by Gasteiger charge is 2.50. The Kier molecular flexibility index (Phi) is 2.46. The molecule has 0 aromatic heterocycles. The molecule has 1 unspecified atom stereocenters. The molecule has 0 radical (unpaired) electrons. The van der Waals surface area contributed by atoms with Crippen LogP contribution in [0.15, 0.2) is 12.2 Å². The van der Waals surface area contributed by atoms with Crippen LogP contribution < -0.4 is 0 Å². The molecule has 0 heterocycles. The van der Waals surface area contributed by atoms with Crippen LogP contribution in [0.3, 0.4) is 0 Å². The smallest absolute Gasteiger partial charge is 0.0737 e. The molecule has 14 heavy (non-hydrogen) atoms. The standard InChI is InChI=1S/C13H22O/c1-11-7-3-4-8-12(11,2)13(14)9-5-6-10-13/h14H,1,3-10H2,2H3. The lowest BCUT2D eigenvalue weighted by Gasteiger charge is -2.47. The van der Waals surface area contributed by atoms with E-state index < -0.39 is 5.60 Å². The Hall–Kier alpha value is -0.300. The molecule has 0 saturated heterocycles. The summed E-state index contributed by atoms with van der Waals surface area (Å²) in [5, 5.41) is 10.7. The van der Waals surface area contributed by atoms with Crippen LogP contribution in [-0.2, 0) is 0 Å². The van der Waals surface area contributed by atoms with Crippen molar-refractivity contribution < 1.29 is 5.11 Å². The molecular formula is C13H22O. The summed E-state index contributed by atoms with van der Waals surface area (Å²) in [7, 11) is 0. The molecule has 0 aromatic rings. The number of hydrogen-bond donors (Lipinski definition) is 1. The molecule has 2 saturated carbocycles. The quantitative estimate of drug-likeness (QED) is 0.634. The van der Waals surface area contributed by atoms with E-state index in [2.05, 4.69) is 13.5 Å². The maximum absolute atomic E-state index is 10.7. The first-order valence-electron chi connectivity index (χ1n) is 5.99. The van der Waals surface area contributed by atoms with Gasteiger partial charge in [0.05, 0.1) is 5.60 Å². The minimum absolute atomic E-state index is 0.0156. The summed E-state index contributed by atoms with van der Waals surface area (Å²) in [4.78, 5) is 0. The third-order valence-corrected chi connectivity index (χ3v) is 4.64. The fourth-order valence-corrected chi connectivity index (χ4v) is 3.34. The van der Waals surface area contributed by atoms with Crippen LogP contribution in [0.5, 0.6) is 0 Å². The summed E-state index contributed by atoms with van der Waals surface area (Å²) in [5.74, 6) is 0. The van der Waals surface area contributed by atoms with Gasteiger partial charge in [-0.15, -0.1) is 0 Å². The van der Waals surface area contributed by atoms with Crippen molar-refractivity contribution >= 4 is 0 Å². The minimum atomic E-state index is -0.426. The van der Waals surface area contributed by atoms with Crippen molar-refractivity contribution in [2.45, 2.75) is 63.9 Å². The summed E-state index contributed by atoms with van der Waals surface area (Å²) in [5.41, 5.74) is 0.889. The van der Waals surface area contributed by atoms with Gasteiger partial charge in [0.1, 0.15) is 0 Å². The highest BCUT2D eigenvalue weighted by Crippen LogP contribution is 2.53. The zero-order valence-electron chi connectivity index (χ0n) is 9.31. The lowest BCUT2D eigenvalue weighted by Crippen LogP contribution is -2.46. The predicted molar refractivity (Wildman–Crippen MR) is 59.1 cm³/mol. The van der Waals surface area contributed by atoms with E-state index >= 15 is 0 Å². The first kappa shape index (κ1) is 10.2. The second-order valence-corrected chi connectivity index (χ2v) is 5.38. The van der Waals surface area contributed by atoms with Crippen molar-refractivity contribution in [2.75, 3.05) is 0 Å². The third-order valence-electron chi connectivity index (χ3n) is 4.64. The first-order valence-corrected chi connectivity index (χ1v) is 5.99. The molecule has 2 aliphatic rings. The van der Waals surface area contributed by atoms with Gasteiger partial charge in [-0.25, -0.2) is 0 Å². The van der Waals surface area contributed by atoms with Crippen LogP contribution in [0.4, 0.5) is 0 Å². The summed E-state index contributed by atoms with van der Waals surface area (Å²) in [6.07, 6.45) is 9.16. The van der Waals surface area contributed by atoms with Gasteiger partial charge in [0.25, 0.3) is 0 Å². The fraction of sp³-hybridized carbons (Fsp3) is 0.846. The summed E-state index contributed by atoms with van der Waals surface area (Å²) < 4.78 is 0. The molecule has 0 amide bonds. The van der Waals surface area contributed by atoms with Gasteiger partial charge >= 0.3 is 0 Å². The monoisotopic (exact) mass is 194 g/mol. The Morgan fingerprint density at radius 1 is 1.07 bits per heavy atom. The zero-order chi connectivity index (χ0) is 10.2. The Bertz CT molecular complexity index is 238. The van der Waals surface area contributed by atoms with Crippen molar-refractivity contribution in [3.8, 4) is 0 Å². The molecule has 1 atom stereocenters. The Morgan fingerprint density at radius 2 is 1.64 bits per heavy atom. The van der Waals surface area contributed by atoms with Crippen molar-refractivity contribution in [2.24, 2.45) is 5.41 Å². The number of rotatable bonds is 1. The summed E-state index contributed by atoms with van der Waals surface area (Å²) >= 11 is 0. The van der Waals surface area contributed by atoms with Crippen LogP contribution in [0.1, 0.15) is 58.3 Å². The van der Waals surface area contributed by atoms with Crippen LogP contribution in [-0.4, -0.2) is 10.7 Å². The van der Waals surface area contributed by atoms with E-state index in [1.807, 2.05) is 0 Å². The van der Waals surface area contributed by atoms with Crippen molar-refractivity contribution in [3.05, 3.63) is 12.2 Å². The topological polar surface area (TPSA) is 20.2 Å². The van der Waals surface area contributed by atoms with Crippen molar-refractivity contribution in [1.29, 1.82) is 0 Å². The molecule has 1 heteroatoms. The molecule has 0 spiro atoms. The molecule has 0 aromatic carbocycles. The van der Waals surface area contributed by atoms with E-state index in [4.69, 9.17) is 0 Å². The fourth-order valence-electron chi connectivity index (χ4n) is 3.34. The Balaban J connectivity index is 2.24. The summed E-state index contributed by atoms with van der Waals surface area (Å²) in [6.45, 7) is 6.43. The molecule has 80 valence electrons. The highest BCUT2D eigenvalue weighted by atomic mass is 16.3. The maximum atomic E-state index is 10.7. The van der Waals surface area contributed by atoms with Gasteiger partial charge < -0.3 is 5.11 Å². The highest BCUT2D eigenvalue weighted by molar-refractivity contribution is 5.19. The van der Waals surface area contributed by atoms with Gasteiger partial charge in [-0.1, -0.05) is 38.3 Å².